The minimum absolute atomic E-state index is 0.163. The number of H-pyrrole nitrogens is 1. The van der Waals surface area contributed by atoms with Crippen molar-refractivity contribution < 1.29 is 22.7 Å². The summed E-state index contributed by atoms with van der Waals surface area (Å²) in [6.45, 7) is 0.191. The first-order chi connectivity index (χ1) is 13.3. The molecule has 2 aromatic heterocycles. The molecule has 0 aliphatic rings. The van der Waals surface area contributed by atoms with Crippen LogP contribution in [0.5, 0.6) is 5.75 Å². The van der Waals surface area contributed by atoms with Crippen molar-refractivity contribution in [3.8, 4) is 16.9 Å². The molecule has 3 aromatic rings. The zero-order chi connectivity index (χ0) is 20.3. The molecule has 6 nitrogen and oxygen atoms in total. The van der Waals surface area contributed by atoms with Gasteiger partial charge in [-0.2, -0.15) is 13.2 Å². The maximum absolute atomic E-state index is 13.3. The number of nitrogens with one attached hydrogen (secondary N) is 1. The van der Waals surface area contributed by atoms with Gasteiger partial charge in [-0.25, -0.2) is 0 Å². The lowest BCUT2D eigenvalue weighted by Gasteiger charge is -2.14. The largest absolute Gasteiger partial charge is 0.487 e. The van der Waals surface area contributed by atoms with Crippen LogP contribution in [-0.4, -0.2) is 15.9 Å². The number of aromatic amines is 1. The molecular weight excluding hydrogens is 375 g/mol. The Labute approximate surface area is 156 Å². The first-order valence-corrected chi connectivity index (χ1v) is 8.02. The zero-order valence-electron chi connectivity index (χ0n) is 14.3. The van der Waals surface area contributed by atoms with Crippen molar-refractivity contribution in [2.45, 2.75) is 12.8 Å². The summed E-state index contributed by atoms with van der Waals surface area (Å²) in [6, 6.07) is 10.3. The third-order valence-corrected chi connectivity index (χ3v) is 3.89. The predicted molar refractivity (Wildman–Crippen MR) is 94.6 cm³/mol. The smallest absolute Gasteiger partial charge is 0.431 e. The zero-order valence-corrected chi connectivity index (χ0v) is 14.3. The SMILES string of the molecule is NC(=O)c1cc(-c2ccc(COc3cccnc3)cc2)c(C(F)(F)F)[nH]c1=O. The molecule has 0 atom stereocenters. The molecule has 9 heteroatoms. The van der Waals surface area contributed by atoms with E-state index < -0.39 is 28.9 Å². The standard InChI is InChI=1S/C19H14F3N3O3/c20-19(21,22)16-14(8-15(17(23)26)18(27)25-16)12-5-3-11(4-6-12)10-28-13-2-1-7-24-9-13/h1-9H,10H2,(H2,23,26)(H,25,27). The van der Waals surface area contributed by atoms with Crippen molar-refractivity contribution in [1.29, 1.82) is 0 Å². The first-order valence-electron chi connectivity index (χ1n) is 8.02. The minimum atomic E-state index is -4.81. The number of ether oxygens (including phenoxy) is 1. The van der Waals surface area contributed by atoms with Crippen LogP contribution in [0.3, 0.4) is 0 Å². The fourth-order valence-electron chi connectivity index (χ4n) is 2.54. The lowest BCUT2D eigenvalue weighted by molar-refractivity contribution is -0.140. The van der Waals surface area contributed by atoms with Crippen molar-refractivity contribution in [2.75, 3.05) is 0 Å². The van der Waals surface area contributed by atoms with Crippen LogP contribution in [0.25, 0.3) is 11.1 Å². The first kappa shape index (κ1) is 19.2. The van der Waals surface area contributed by atoms with E-state index in [-0.39, 0.29) is 17.7 Å². The highest BCUT2D eigenvalue weighted by Gasteiger charge is 2.36. The Bertz CT molecular complexity index is 1050. The molecule has 0 fully saturated rings. The van der Waals surface area contributed by atoms with Gasteiger partial charge < -0.3 is 15.5 Å². The summed E-state index contributed by atoms with van der Waals surface area (Å²) < 4.78 is 45.5. The van der Waals surface area contributed by atoms with E-state index in [0.717, 1.165) is 6.07 Å². The maximum Gasteiger partial charge on any atom is 0.431 e. The molecule has 1 amide bonds. The topological polar surface area (TPSA) is 98.1 Å². The molecule has 0 aliphatic heterocycles. The molecule has 0 radical (unpaired) electrons. The molecule has 0 unspecified atom stereocenters. The number of halogens is 3. The van der Waals surface area contributed by atoms with E-state index in [1.807, 2.05) is 0 Å². The summed E-state index contributed by atoms with van der Waals surface area (Å²) in [5.41, 5.74) is 2.62. The highest BCUT2D eigenvalue weighted by molar-refractivity contribution is 5.93. The Kier molecular flexibility index (Phi) is 5.16. The molecule has 3 rings (SSSR count). The highest BCUT2D eigenvalue weighted by atomic mass is 19.4. The van der Waals surface area contributed by atoms with E-state index in [1.165, 1.54) is 18.3 Å². The van der Waals surface area contributed by atoms with Gasteiger partial charge in [0.2, 0.25) is 0 Å². The molecule has 2 heterocycles. The molecule has 1 aromatic carbocycles. The molecular formula is C19H14F3N3O3. The Morgan fingerprint density at radius 1 is 1.18 bits per heavy atom. The number of aromatic nitrogens is 2. The summed E-state index contributed by atoms with van der Waals surface area (Å²) >= 11 is 0. The van der Waals surface area contributed by atoms with Crippen LogP contribution in [0.1, 0.15) is 21.6 Å². The average molecular weight is 389 g/mol. The molecule has 0 aliphatic carbocycles. The molecule has 144 valence electrons. The number of pyridine rings is 2. The number of amides is 1. The predicted octanol–water partition coefficient (Wildman–Crippen LogP) is 3.13. The number of carbonyl (C=O) groups is 1. The lowest BCUT2D eigenvalue weighted by atomic mass is 10.00. The van der Waals surface area contributed by atoms with Gasteiger partial charge in [0.25, 0.3) is 11.5 Å². The van der Waals surface area contributed by atoms with Gasteiger partial charge in [0, 0.05) is 11.8 Å². The second kappa shape index (κ2) is 7.55. The fraction of sp³-hybridized carbons (Fsp3) is 0.105. The number of benzene rings is 1. The average Bonchev–Trinajstić information content (AvgIpc) is 2.66. The number of hydrogen-bond acceptors (Lipinski definition) is 4. The van der Waals surface area contributed by atoms with E-state index in [2.05, 4.69) is 4.98 Å². The van der Waals surface area contributed by atoms with E-state index in [1.54, 1.807) is 35.4 Å². The van der Waals surface area contributed by atoms with Gasteiger partial charge in [-0.05, 0) is 29.3 Å². The van der Waals surface area contributed by atoms with Crippen molar-refractivity contribution in [3.05, 3.63) is 82.0 Å². The highest BCUT2D eigenvalue weighted by Crippen LogP contribution is 2.35. The van der Waals surface area contributed by atoms with Crippen LogP contribution >= 0.6 is 0 Å². The molecule has 0 saturated heterocycles. The fourth-order valence-corrected chi connectivity index (χ4v) is 2.54. The van der Waals surface area contributed by atoms with E-state index in [4.69, 9.17) is 10.5 Å². The normalized spacial score (nSPS) is 11.2. The van der Waals surface area contributed by atoms with Gasteiger partial charge in [-0.1, -0.05) is 24.3 Å². The molecule has 28 heavy (non-hydrogen) atoms. The van der Waals surface area contributed by atoms with Crippen LogP contribution in [0.2, 0.25) is 0 Å². The van der Waals surface area contributed by atoms with Gasteiger partial charge in [0.15, 0.2) is 0 Å². The molecule has 0 saturated carbocycles. The van der Waals surface area contributed by atoms with E-state index in [9.17, 15) is 22.8 Å². The summed E-state index contributed by atoms with van der Waals surface area (Å²) in [4.78, 5) is 28.7. The van der Waals surface area contributed by atoms with Gasteiger partial charge in [0.1, 0.15) is 23.6 Å². The lowest BCUT2D eigenvalue weighted by Crippen LogP contribution is -2.27. The summed E-state index contributed by atoms with van der Waals surface area (Å²) in [7, 11) is 0. The third kappa shape index (κ3) is 4.20. The second-order valence-electron chi connectivity index (χ2n) is 5.84. The van der Waals surface area contributed by atoms with Crippen LogP contribution in [0.4, 0.5) is 13.2 Å². The Morgan fingerprint density at radius 3 is 2.46 bits per heavy atom. The molecule has 0 bridgehead atoms. The van der Waals surface area contributed by atoms with E-state index >= 15 is 0 Å². The maximum atomic E-state index is 13.3. The quantitative estimate of drug-likeness (QED) is 0.700. The summed E-state index contributed by atoms with van der Waals surface area (Å²) in [5.74, 6) is -0.560. The van der Waals surface area contributed by atoms with Gasteiger partial charge in [-0.15, -0.1) is 0 Å². The van der Waals surface area contributed by atoms with Gasteiger partial charge in [-0.3, -0.25) is 14.6 Å². The van der Waals surface area contributed by atoms with Crippen molar-refractivity contribution in [1.82, 2.24) is 9.97 Å². The Balaban J connectivity index is 1.93. The van der Waals surface area contributed by atoms with Gasteiger partial charge in [0.05, 0.1) is 6.20 Å². The Morgan fingerprint density at radius 2 is 1.89 bits per heavy atom. The monoisotopic (exact) mass is 389 g/mol. The summed E-state index contributed by atoms with van der Waals surface area (Å²) in [6.07, 6.45) is -1.67. The van der Waals surface area contributed by atoms with Crippen molar-refractivity contribution >= 4 is 5.91 Å². The van der Waals surface area contributed by atoms with Crippen LogP contribution in [0, 0.1) is 0 Å². The van der Waals surface area contributed by atoms with Crippen LogP contribution in [-0.2, 0) is 12.8 Å². The molecule has 0 spiro atoms. The Hall–Kier alpha value is -3.62. The number of nitrogens with zero attached hydrogens (tertiary/aromatic N) is 1. The second-order valence-corrected chi connectivity index (χ2v) is 5.84. The number of alkyl halides is 3. The number of rotatable bonds is 5. The van der Waals surface area contributed by atoms with Gasteiger partial charge >= 0.3 is 6.18 Å². The van der Waals surface area contributed by atoms with Crippen molar-refractivity contribution in [2.24, 2.45) is 5.73 Å². The number of hydrogen-bond donors (Lipinski definition) is 2. The van der Waals surface area contributed by atoms with E-state index in [0.29, 0.717) is 11.3 Å². The van der Waals surface area contributed by atoms with Crippen molar-refractivity contribution in [3.63, 3.8) is 0 Å². The number of primary amides is 1. The number of carbonyl (C=O) groups excluding carboxylic acids is 1. The minimum Gasteiger partial charge on any atom is -0.487 e. The number of nitrogens with two attached hydrogens (primary N) is 1. The third-order valence-electron chi connectivity index (χ3n) is 3.89. The van der Waals surface area contributed by atoms with Crippen LogP contribution < -0.4 is 16.0 Å². The van der Waals surface area contributed by atoms with Crippen LogP contribution in [0.15, 0.2) is 59.7 Å². The summed E-state index contributed by atoms with van der Waals surface area (Å²) in [5, 5.41) is 0. The molecule has 3 N–H and O–H groups in total.